The van der Waals surface area contributed by atoms with Gasteiger partial charge in [0.1, 0.15) is 17.1 Å². The standard InChI is InChI=1S/C17H16N4O10.Rb/c1-29-13-4-8(10(20(25)26)6-12(13)22)18-16(23)17(24)19-9-5-14(30-2)15(31-3)7-11(9)21(27)28;/h4-7,22H,1-3H3,(H,18,23)(H,19,24);/q;+1/p-1. The molecule has 0 spiro atoms. The van der Waals surface area contributed by atoms with Crippen LogP contribution in [-0.2, 0) is 9.59 Å². The number of methoxy groups -OCH3 is 3. The van der Waals surface area contributed by atoms with Crippen molar-refractivity contribution in [1.82, 2.24) is 0 Å². The minimum atomic E-state index is -1.40. The number of nitro groups is 2. The molecule has 164 valence electrons. The van der Waals surface area contributed by atoms with Gasteiger partial charge in [0.15, 0.2) is 11.5 Å². The van der Waals surface area contributed by atoms with E-state index >= 15 is 0 Å². The Balaban J connectivity index is 0.00000512. The van der Waals surface area contributed by atoms with Crippen molar-refractivity contribution in [1.29, 1.82) is 0 Å². The molecular formula is C17H15N4O10Rb. The summed E-state index contributed by atoms with van der Waals surface area (Å²) in [6.07, 6.45) is 0. The van der Waals surface area contributed by atoms with Crippen LogP contribution >= 0.6 is 0 Å². The van der Waals surface area contributed by atoms with Gasteiger partial charge in [0.25, 0.3) is 11.4 Å². The van der Waals surface area contributed by atoms with Crippen molar-refractivity contribution in [2.24, 2.45) is 0 Å². The maximum absolute atomic E-state index is 12.3. The van der Waals surface area contributed by atoms with Gasteiger partial charge in [-0.15, -0.1) is 0 Å². The zero-order valence-corrected chi connectivity index (χ0v) is 22.2. The van der Waals surface area contributed by atoms with Crippen molar-refractivity contribution in [3.63, 3.8) is 0 Å². The molecule has 2 rings (SSSR count). The van der Waals surface area contributed by atoms with Crippen molar-refractivity contribution >= 4 is 34.6 Å². The predicted molar refractivity (Wildman–Crippen MR) is 103 cm³/mol. The van der Waals surface area contributed by atoms with Crippen LogP contribution in [0, 0.1) is 20.2 Å². The maximum Gasteiger partial charge on any atom is 1.00 e. The largest absolute Gasteiger partial charge is 1.00 e. The Kier molecular flexibility index (Phi) is 9.96. The van der Waals surface area contributed by atoms with Crippen LogP contribution in [0.1, 0.15) is 0 Å². The molecule has 15 heteroatoms. The minimum absolute atomic E-state index is 0. The number of benzene rings is 2. The molecule has 0 aliphatic carbocycles. The molecule has 0 saturated heterocycles. The topological polar surface area (TPSA) is 195 Å². The molecule has 0 heterocycles. The van der Waals surface area contributed by atoms with Gasteiger partial charge in [-0.05, 0) is 0 Å². The van der Waals surface area contributed by atoms with Gasteiger partial charge in [-0.1, -0.05) is 5.75 Å². The van der Waals surface area contributed by atoms with Crippen molar-refractivity contribution in [3.05, 3.63) is 44.5 Å². The second-order valence-corrected chi connectivity index (χ2v) is 5.67. The maximum atomic E-state index is 12.3. The zero-order valence-electron chi connectivity index (χ0n) is 17.3. The fraction of sp³-hybridized carbons (Fsp3) is 0.176. The number of anilines is 2. The molecule has 0 aromatic heterocycles. The summed E-state index contributed by atoms with van der Waals surface area (Å²) in [6, 6.07) is 3.55. The molecule has 2 N–H and O–H groups in total. The summed E-state index contributed by atoms with van der Waals surface area (Å²) in [6.45, 7) is 0. The van der Waals surface area contributed by atoms with Gasteiger partial charge in [-0.3, -0.25) is 29.8 Å². The number of amides is 2. The van der Waals surface area contributed by atoms with E-state index in [-0.39, 0.29) is 81.1 Å². The Labute approximate surface area is 228 Å². The smallest absolute Gasteiger partial charge is 0.870 e. The number of rotatable bonds is 7. The van der Waals surface area contributed by atoms with Gasteiger partial charge < -0.3 is 30.0 Å². The molecule has 0 radical (unpaired) electrons. The van der Waals surface area contributed by atoms with Crippen LogP contribution in [0.5, 0.6) is 23.0 Å². The molecule has 0 fully saturated rings. The van der Waals surface area contributed by atoms with Crippen LogP contribution < -0.4 is 88.1 Å². The van der Waals surface area contributed by atoms with Crippen LogP contribution in [0.3, 0.4) is 0 Å². The van der Waals surface area contributed by atoms with E-state index in [9.17, 15) is 34.9 Å². The SMILES string of the molecule is COc1cc(NC(=O)C(=O)Nc2cc(OC)c(OC)cc2[N+](=O)[O-])c([N+](=O)[O-])cc1[O-].[Rb+]. The van der Waals surface area contributed by atoms with E-state index in [0.717, 1.165) is 25.3 Å². The average Bonchev–Trinajstić information content (AvgIpc) is 2.73. The summed E-state index contributed by atoms with van der Waals surface area (Å²) >= 11 is 0. The molecule has 0 bridgehead atoms. The van der Waals surface area contributed by atoms with Gasteiger partial charge >= 0.3 is 70.0 Å². The first-order chi connectivity index (χ1) is 14.6. The predicted octanol–water partition coefficient (Wildman–Crippen LogP) is -1.82. The fourth-order valence-electron chi connectivity index (χ4n) is 2.44. The van der Waals surface area contributed by atoms with E-state index in [1.54, 1.807) is 0 Å². The first kappa shape index (κ1) is 27.2. The third-order valence-corrected chi connectivity index (χ3v) is 3.88. The molecule has 2 aromatic rings. The van der Waals surface area contributed by atoms with Crippen LogP contribution in [0.25, 0.3) is 0 Å². The number of hydrogen-bond donors (Lipinski definition) is 2. The quantitative estimate of drug-likeness (QED) is 0.238. The van der Waals surface area contributed by atoms with Crippen LogP contribution in [0.4, 0.5) is 22.7 Å². The summed E-state index contributed by atoms with van der Waals surface area (Å²) in [5.74, 6) is -3.84. The van der Waals surface area contributed by atoms with E-state index in [0.29, 0.717) is 6.07 Å². The number of ether oxygens (including phenoxy) is 3. The number of carbonyl (C=O) groups is 2. The molecule has 0 saturated carbocycles. The van der Waals surface area contributed by atoms with Gasteiger partial charge in [0, 0.05) is 18.2 Å². The second kappa shape index (κ2) is 11.7. The number of nitrogens with one attached hydrogen (secondary N) is 2. The molecule has 0 aliphatic rings. The van der Waals surface area contributed by atoms with Gasteiger partial charge in [0.2, 0.25) is 0 Å². The number of hydrogen-bond acceptors (Lipinski definition) is 10. The fourth-order valence-corrected chi connectivity index (χ4v) is 2.44. The van der Waals surface area contributed by atoms with Gasteiger partial charge in [0.05, 0.1) is 37.2 Å². The van der Waals surface area contributed by atoms with E-state index in [1.165, 1.54) is 14.2 Å². The van der Waals surface area contributed by atoms with Crippen molar-refractivity contribution < 1.29 is 96.9 Å². The van der Waals surface area contributed by atoms with E-state index < -0.39 is 44.5 Å². The van der Waals surface area contributed by atoms with Crippen LogP contribution in [0.15, 0.2) is 24.3 Å². The van der Waals surface area contributed by atoms with Crippen LogP contribution in [0.2, 0.25) is 0 Å². The van der Waals surface area contributed by atoms with Crippen LogP contribution in [-0.4, -0.2) is 43.0 Å². The van der Waals surface area contributed by atoms with E-state index in [2.05, 4.69) is 0 Å². The van der Waals surface area contributed by atoms with Crippen molar-refractivity contribution in [3.8, 4) is 23.0 Å². The third kappa shape index (κ3) is 6.12. The summed E-state index contributed by atoms with van der Waals surface area (Å²) in [4.78, 5) is 45.2. The van der Waals surface area contributed by atoms with Gasteiger partial charge in [-0.2, -0.15) is 0 Å². The third-order valence-electron chi connectivity index (χ3n) is 3.88. The minimum Gasteiger partial charge on any atom is -0.870 e. The Bertz CT molecular complexity index is 1080. The Morgan fingerprint density at radius 1 is 0.750 bits per heavy atom. The Morgan fingerprint density at radius 3 is 1.53 bits per heavy atom. The molecule has 0 atom stereocenters. The molecule has 2 amide bonds. The molecule has 2 aromatic carbocycles. The number of carbonyl (C=O) groups excluding carboxylic acids is 2. The number of nitrogens with zero attached hydrogens (tertiary/aromatic N) is 2. The molecule has 0 aliphatic heterocycles. The average molecular weight is 521 g/mol. The van der Waals surface area contributed by atoms with Gasteiger partial charge in [-0.25, -0.2) is 0 Å². The summed E-state index contributed by atoms with van der Waals surface area (Å²) in [5.41, 5.74) is -2.24. The van der Waals surface area contributed by atoms with Crippen molar-refractivity contribution in [2.75, 3.05) is 32.0 Å². The second-order valence-electron chi connectivity index (χ2n) is 5.67. The zero-order chi connectivity index (χ0) is 23.3. The normalized spacial score (nSPS) is 9.72. The van der Waals surface area contributed by atoms with E-state index in [1.807, 2.05) is 10.6 Å². The first-order valence-corrected chi connectivity index (χ1v) is 8.19. The molecular weight excluding hydrogens is 506 g/mol. The number of nitro benzene ring substituents is 2. The molecule has 14 nitrogen and oxygen atoms in total. The monoisotopic (exact) mass is 520 g/mol. The Morgan fingerprint density at radius 2 is 1.12 bits per heavy atom. The Hall–Kier alpha value is -2.81. The molecule has 32 heavy (non-hydrogen) atoms. The summed E-state index contributed by atoms with van der Waals surface area (Å²) in [5, 5.41) is 38.1. The van der Waals surface area contributed by atoms with E-state index in [4.69, 9.17) is 14.2 Å². The summed E-state index contributed by atoms with van der Waals surface area (Å²) in [7, 11) is 3.65. The van der Waals surface area contributed by atoms with Crippen molar-refractivity contribution in [2.45, 2.75) is 0 Å². The summed E-state index contributed by atoms with van der Waals surface area (Å²) < 4.78 is 14.7. The molecule has 0 unspecified atom stereocenters. The first-order valence-electron chi connectivity index (χ1n) is 8.19.